The van der Waals surface area contributed by atoms with Crippen molar-refractivity contribution in [1.29, 1.82) is 0 Å². The molecule has 15 heavy (non-hydrogen) atoms. The second-order valence-electron chi connectivity index (χ2n) is 3.62. The SMILES string of the molecule is CC(CC(=O)O)C(N)c1ccccc1Br. The van der Waals surface area contributed by atoms with Gasteiger partial charge in [0.25, 0.3) is 0 Å². The van der Waals surface area contributed by atoms with Gasteiger partial charge in [0.1, 0.15) is 0 Å². The maximum atomic E-state index is 10.6. The normalized spacial score (nSPS) is 14.6. The monoisotopic (exact) mass is 271 g/mol. The topological polar surface area (TPSA) is 63.3 Å². The highest BCUT2D eigenvalue weighted by molar-refractivity contribution is 9.10. The van der Waals surface area contributed by atoms with Gasteiger partial charge in [0.05, 0.1) is 0 Å². The number of nitrogens with two attached hydrogens (primary N) is 1. The van der Waals surface area contributed by atoms with Crippen LogP contribution in [0.2, 0.25) is 0 Å². The molecule has 0 aliphatic carbocycles. The number of hydrogen-bond donors (Lipinski definition) is 2. The van der Waals surface area contributed by atoms with Crippen molar-refractivity contribution in [3.8, 4) is 0 Å². The van der Waals surface area contributed by atoms with Gasteiger partial charge in [-0.25, -0.2) is 0 Å². The Morgan fingerprint density at radius 2 is 2.13 bits per heavy atom. The molecule has 2 atom stereocenters. The molecule has 0 radical (unpaired) electrons. The summed E-state index contributed by atoms with van der Waals surface area (Å²) in [5.41, 5.74) is 6.94. The summed E-state index contributed by atoms with van der Waals surface area (Å²) in [4.78, 5) is 10.6. The van der Waals surface area contributed by atoms with E-state index in [1.807, 2.05) is 31.2 Å². The molecule has 1 aromatic rings. The Morgan fingerprint density at radius 3 is 2.67 bits per heavy atom. The van der Waals surface area contributed by atoms with Gasteiger partial charge in [0.2, 0.25) is 0 Å². The van der Waals surface area contributed by atoms with E-state index in [2.05, 4.69) is 15.9 Å². The van der Waals surface area contributed by atoms with E-state index in [1.165, 1.54) is 0 Å². The van der Waals surface area contributed by atoms with Gasteiger partial charge in [-0.1, -0.05) is 41.1 Å². The maximum absolute atomic E-state index is 10.6. The predicted molar refractivity (Wildman–Crippen MR) is 62.5 cm³/mol. The summed E-state index contributed by atoms with van der Waals surface area (Å²) in [7, 11) is 0. The number of rotatable bonds is 4. The smallest absolute Gasteiger partial charge is 0.303 e. The largest absolute Gasteiger partial charge is 0.481 e. The zero-order chi connectivity index (χ0) is 11.4. The Bertz CT molecular complexity index is 354. The van der Waals surface area contributed by atoms with Gasteiger partial charge in [0.15, 0.2) is 0 Å². The first-order chi connectivity index (χ1) is 7.02. The molecule has 0 saturated carbocycles. The van der Waals surface area contributed by atoms with Gasteiger partial charge in [-0.15, -0.1) is 0 Å². The number of benzene rings is 1. The molecule has 1 aromatic carbocycles. The molecule has 2 unspecified atom stereocenters. The molecule has 0 aromatic heterocycles. The summed E-state index contributed by atoms with van der Waals surface area (Å²) >= 11 is 3.40. The average Bonchev–Trinajstić information content (AvgIpc) is 2.16. The van der Waals surface area contributed by atoms with Crippen molar-refractivity contribution in [1.82, 2.24) is 0 Å². The maximum Gasteiger partial charge on any atom is 0.303 e. The number of aliphatic carboxylic acids is 1. The third kappa shape index (κ3) is 3.32. The van der Waals surface area contributed by atoms with Crippen LogP contribution in [-0.2, 0) is 4.79 Å². The molecule has 82 valence electrons. The minimum Gasteiger partial charge on any atom is -0.481 e. The number of hydrogen-bond acceptors (Lipinski definition) is 2. The van der Waals surface area contributed by atoms with Crippen LogP contribution in [0.1, 0.15) is 24.9 Å². The fourth-order valence-electron chi connectivity index (χ4n) is 1.45. The van der Waals surface area contributed by atoms with Gasteiger partial charge < -0.3 is 10.8 Å². The van der Waals surface area contributed by atoms with Crippen LogP contribution in [0.25, 0.3) is 0 Å². The predicted octanol–water partition coefficient (Wildman–Crippen LogP) is 2.56. The molecule has 4 heteroatoms. The van der Waals surface area contributed by atoms with Gasteiger partial charge in [-0.05, 0) is 17.5 Å². The summed E-state index contributed by atoms with van der Waals surface area (Å²) in [5, 5.41) is 8.68. The van der Waals surface area contributed by atoms with Crippen molar-refractivity contribution in [3.05, 3.63) is 34.3 Å². The second kappa shape index (κ2) is 5.28. The lowest BCUT2D eigenvalue weighted by molar-refractivity contribution is -0.138. The first kappa shape index (κ1) is 12.2. The van der Waals surface area contributed by atoms with Crippen LogP contribution in [0.4, 0.5) is 0 Å². The highest BCUT2D eigenvalue weighted by atomic mass is 79.9. The Morgan fingerprint density at radius 1 is 1.53 bits per heavy atom. The lowest BCUT2D eigenvalue weighted by Crippen LogP contribution is -2.21. The van der Waals surface area contributed by atoms with E-state index in [0.717, 1.165) is 10.0 Å². The molecule has 0 spiro atoms. The fraction of sp³-hybridized carbons (Fsp3) is 0.364. The Kier molecular flexibility index (Phi) is 4.29. The van der Waals surface area contributed by atoms with Crippen LogP contribution < -0.4 is 5.73 Å². The van der Waals surface area contributed by atoms with E-state index in [9.17, 15) is 4.79 Å². The van der Waals surface area contributed by atoms with Gasteiger partial charge in [-0.2, -0.15) is 0 Å². The van der Waals surface area contributed by atoms with Crippen LogP contribution in [0, 0.1) is 5.92 Å². The average molecular weight is 272 g/mol. The van der Waals surface area contributed by atoms with E-state index in [0.29, 0.717) is 0 Å². The quantitative estimate of drug-likeness (QED) is 0.885. The number of halogens is 1. The molecular weight excluding hydrogens is 258 g/mol. The van der Waals surface area contributed by atoms with Gasteiger partial charge >= 0.3 is 5.97 Å². The molecule has 0 heterocycles. The fourth-order valence-corrected chi connectivity index (χ4v) is 2.00. The van der Waals surface area contributed by atoms with Crippen molar-refractivity contribution in [2.24, 2.45) is 11.7 Å². The van der Waals surface area contributed by atoms with Crippen LogP contribution in [-0.4, -0.2) is 11.1 Å². The summed E-state index contributed by atoms with van der Waals surface area (Å²) in [6.07, 6.45) is 0.0858. The third-order valence-electron chi connectivity index (χ3n) is 2.37. The molecule has 0 amide bonds. The first-order valence-electron chi connectivity index (χ1n) is 4.74. The molecule has 0 aliphatic rings. The molecule has 3 N–H and O–H groups in total. The van der Waals surface area contributed by atoms with Crippen LogP contribution in [0.15, 0.2) is 28.7 Å². The van der Waals surface area contributed by atoms with Crippen molar-refractivity contribution in [2.75, 3.05) is 0 Å². The zero-order valence-electron chi connectivity index (χ0n) is 8.48. The third-order valence-corrected chi connectivity index (χ3v) is 3.10. The zero-order valence-corrected chi connectivity index (χ0v) is 10.1. The summed E-state index contributed by atoms with van der Waals surface area (Å²) in [6.45, 7) is 1.85. The summed E-state index contributed by atoms with van der Waals surface area (Å²) < 4.78 is 0.926. The van der Waals surface area contributed by atoms with Crippen molar-refractivity contribution >= 4 is 21.9 Å². The molecule has 0 fully saturated rings. The summed E-state index contributed by atoms with van der Waals surface area (Å²) in [6, 6.07) is 7.36. The van der Waals surface area contributed by atoms with Crippen LogP contribution in [0.5, 0.6) is 0 Å². The second-order valence-corrected chi connectivity index (χ2v) is 4.48. The van der Waals surface area contributed by atoms with E-state index in [-0.39, 0.29) is 18.4 Å². The number of carbonyl (C=O) groups is 1. The minimum atomic E-state index is -0.815. The molecular formula is C11H14BrNO2. The van der Waals surface area contributed by atoms with Crippen LogP contribution >= 0.6 is 15.9 Å². The van der Waals surface area contributed by atoms with E-state index in [4.69, 9.17) is 10.8 Å². The lowest BCUT2D eigenvalue weighted by atomic mass is 9.93. The molecule has 1 rings (SSSR count). The standard InChI is InChI=1S/C11H14BrNO2/c1-7(6-10(14)15)11(13)8-4-2-3-5-9(8)12/h2-5,7,11H,6,13H2,1H3,(H,14,15). The highest BCUT2D eigenvalue weighted by Crippen LogP contribution is 2.27. The Hall–Kier alpha value is -0.870. The molecule has 3 nitrogen and oxygen atoms in total. The summed E-state index contributed by atoms with van der Waals surface area (Å²) in [5.74, 6) is -0.897. The Labute approximate surface area is 97.4 Å². The number of carboxylic acids is 1. The Balaban J connectivity index is 2.80. The molecule has 0 saturated heterocycles. The van der Waals surface area contributed by atoms with Gasteiger partial charge in [0, 0.05) is 16.9 Å². The number of carboxylic acid groups (broad SMARTS) is 1. The lowest BCUT2D eigenvalue weighted by Gasteiger charge is -2.19. The molecule has 0 aliphatic heterocycles. The van der Waals surface area contributed by atoms with E-state index in [1.54, 1.807) is 0 Å². The van der Waals surface area contributed by atoms with E-state index < -0.39 is 5.97 Å². The van der Waals surface area contributed by atoms with Crippen molar-refractivity contribution < 1.29 is 9.90 Å². The first-order valence-corrected chi connectivity index (χ1v) is 5.53. The van der Waals surface area contributed by atoms with Gasteiger partial charge in [-0.3, -0.25) is 4.79 Å². The van der Waals surface area contributed by atoms with Crippen molar-refractivity contribution in [2.45, 2.75) is 19.4 Å². The van der Waals surface area contributed by atoms with E-state index >= 15 is 0 Å². The minimum absolute atomic E-state index is 0.0822. The highest BCUT2D eigenvalue weighted by Gasteiger charge is 2.19. The molecule has 0 bridgehead atoms. The van der Waals surface area contributed by atoms with Crippen LogP contribution in [0.3, 0.4) is 0 Å². The van der Waals surface area contributed by atoms with Crippen molar-refractivity contribution in [3.63, 3.8) is 0 Å².